The lowest BCUT2D eigenvalue weighted by Crippen LogP contribution is -2.27. The number of fused-ring (bicyclic) bond motifs is 1. The average molecular weight is 286 g/mol. The van der Waals surface area contributed by atoms with Gasteiger partial charge in [-0.3, -0.25) is 4.79 Å². The molecule has 1 fully saturated rings. The van der Waals surface area contributed by atoms with E-state index in [1.165, 1.54) is 5.56 Å². The first-order valence-electron chi connectivity index (χ1n) is 7.58. The van der Waals surface area contributed by atoms with Crippen LogP contribution >= 0.6 is 0 Å². The van der Waals surface area contributed by atoms with Crippen molar-refractivity contribution < 1.29 is 9.53 Å². The molecule has 0 spiro atoms. The van der Waals surface area contributed by atoms with Crippen LogP contribution in [0.5, 0.6) is 0 Å². The Kier molecular flexibility index (Phi) is 3.97. The maximum atomic E-state index is 12.4. The zero-order chi connectivity index (χ0) is 14.8. The Morgan fingerprint density at radius 2 is 2.33 bits per heavy atom. The SMILES string of the molecule is Cc1cccc2c1cc(C(=O)NCC[C@H]1CCOC1)n2C. The Balaban J connectivity index is 1.69. The number of ether oxygens (including phenoxy) is 1. The first-order valence-corrected chi connectivity index (χ1v) is 7.58. The predicted molar refractivity (Wildman–Crippen MR) is 83.5 cm³/mol. The van der Waals surface area contributed by atoms with Gasteiger partial charge in [-0.05, 0) is 43.4 Å². The molecule has 1 N–H and O–H groups in total. The summed E-state index contributed by atoms with van der Waals surface area (Å²) in [5, 5.41) is 4.18. The van der Waals surface area contributed by atoms with Crippen molar-refractivity contribution in [3.05, 3.63) is 35.5 Å². The second-order valence-corrected chi connectivity index (χ2v) is 5.87. The van der Waals surface area contributed by atoms with E-state index < -0.39 is 0 Å². The zero-order valence-electron chi connectivity index (χ0n) is 12.7. The molecule has 0 saturated carbocycles. The Labute approximate surface area is 125 Å². The Morgan fingerprint density at radius 3 is 3.05 bits per heavy atom. The molecule has 112 valence electrons. The molecule has 1 aliphatic heterocycles. The van der Waals surface area contributed by atoms with Crippen molar-refractivity contribution in [3.63, 3.8) is 0 Å². The van der Waals surface area contributed by atoms with Gasteiger partial charge in [-0.25, -0.2) is 0 Å². The lowest BCUT2D eigenvalue weighted by molar-refractivity contribution is 0.0942. The quantitative estimate of drug-likeness (QED) is 0.939. The molecule has 4 heteroatoms. The molecule has 4 nitrogen and oxygen atoms in total. The molecule has 1 saturated heterocycles. The molecule has 0 radical (unpaired) electrons. The van der Waals surface area contributed by atoms with Gasteiger partial charge in [-0.1, -0.05) is 12.1 Å². The van der Waals surface area contributed by atoms with E-state index in [-0.39, 0.29) is 5.91 Å². The van der Waals surface area contributed by atoms with Crippen molar-refractivity contribution in [2.45, 2.75) is 19.8 Å². The third kappa shape index (κ3) is 2.81. The van der Waals surface area contributed by atoms with Crippen molar-refractivity contribution >= 4 is 16.8 Å². The van der Waals surface area contributed by atoms with E-state index in [0.717, 1.165) is 42.7 Å². The van der Waals surface area contributed by atoms with E-state index in [4.69, 9.17) is 4.74 Å². The number of benzene rings is 1. The van der Waals surface area contributed by atoms with Crippen molar-refractivity contribution in [1.82, 2.24) is 9.88 Å². The summed E-state index contributed by atoms with van der Waals surface area (Å²) in [5.41, 5.74) is 3.02. The van der Waals surface area contributed by atoms with Gasteiger partial charge in [0.1, 0.15) is 5.69 Å². The van der Waals surface area contributed by atoms with E-state index in [2.05, 4.69) is 24.4 Å². The third-order valence-corrected chi connectivity index (χ3v) is 4.40. The van der Waals surface area contributed by atoms with Crippen LogP contribution in [0.2, 0.25) is 0 Å². The minimum absolute atomic E-state index is 0.00650. The minimum Gasteiger partial charge on any atom is -0.381 e. The zero-order valence-corrected chi connectivity index (χ0v) is 12.7. The van der Waals surface area contributed by atoms with E-state index in [9.17, 15) is 4.79 Å². The van der Waals surface area contributed by atoms with Crippen LogP contribution in [0.15, 0.2) is 24.3 Å². The number of nitrogens with one attached hydrogen (secondary N) is 1. The highest BCUT2D eigenvalue weighted by molar-refractivity contribution is 5.99. The smallest absolute Gasteiger partial charge is 0.267 e. The summed E-state index contributed by atoms with van der Waals surface area (Å²) in [6, 6.07) is 8.14. The molecule has 2 aromatic rings. The second-order valence-electron chi connectivity index (χ2n) is 5.87. The van der Waals surface area contributed by atoms with Crippen molar-refractivity contribution in [3.8, 4) is 0 Å². The topological polar surface area (TPSA) is 43.3 Å². The molecular formula is C17H22N2O2. The van der Waals surface area contributed by atoms with Gasteiger partial charge >= 0.3 is 0 Å². The van der Waals surface area contributed by atoms with Crippen molar-refractivity contribution in [1.29, 1.82) is 0 Å². The molecule has 0 unspecified atom stereocenters. The molecule has 1 aromatic carbocycles. The lowest BCUT2D eigenvalue weighted by atomic mass is 10.1. The number of carbonyl (C=O) groups is 1. The lowest BCUT2D eigenvalue weighted by Gasteiger charge is -2.09. The van der Waals surface area contributed by atoms with Gasteiger partial charge in [0.25, 0.3) is 5.91 Å². The van der Waals surface area contributed by atoms with Crippen LogP contribution in [0.25, 0.3) is 10.9 Å². The maximum Gasteiger partial charge on any atom is 0.267 e. The fraction of sp³-hybridized carbons (Fsp3) is 0.471. The molecule has 1 aromatic heterocycles. The van der Waals surface area contributed by atoms with Crippen LogP contribution in [-0.4, -0.2) is 30.2 Å². The highest BCUT2D eigenvalue weighted by Crippen LogP contribution is 2.22. The summed E-state index contributed by atoms with van der Waals surface area (Å²) in [4.78, 5) is 12.4. The largest absolute Gasteiger partial charge is 0.381 e. The van der Waals surface area contributed by atoms with Gasteiger partial charge in [0.05, 0.1) is 0 Å². The first-order chi connectivity index (χ1) is 10.2. The number of hydrogen-bond donors (Lipinski definition) is 1. The summed E-state index contributed by atoms with van der Waals surface area (Å²) in [6.45, 7) is 4.49. The average Bonchev–Trinajstić information content (AvgIpc) is 3.08. The number of aromatic nitrogens is 1. The summed E-state index contributed by atoms with van der Waals surface area (Å²) in [7, 11) is 1.95. The number of rotatable bonds is 4. The number of hydrogen-bond acceptors (Lipinski definition) is 2. The molecular weight excluding hydrogens is 264 g/mol. The Morgan fingerprint density at radius 1 is 1.48 bits per heavy atom. The van der Waals surface area contributed by atoms with E-state index in [0.29, 0.717) is 12.5 Å². The number of aryl methyl sites for hydroxylation is 2. The van der Waals surface area contributed by atoms with Crippen LogP contribution in [0.4, 0.5) is 0 Å². The molecule has 3 rings (SSSR count). The number of amides is 1. The van der Waals surface area contributed by atoms with Gasteiger partial charge in [0, 0.05) is 37.7 Å². The molecule has 1 amide bonds. The minimum atomic E-state index is 0.00650. The normalized spacial score (nSPS) is 18.3. The summed E-state index contributed by atoms with van der Waals surface area (Å²) in [6.07, 6.45) is 2.11. The van der Waals surface area contributed by atoms with Gasteiger partial charge in [-0.15, -0.1) is 0 Å². The predicted octanol–water partition coefficient (Wildman–Crippen LogP) is 2.64. The van der Waals surface area contributed by atoms with Gasteiger partial charge in [0.2, 0.25) is 0 Å². The number of nitrogens with zero attached hydrogens (tertiary/aromatic N) is 1. The highest BCUT2D eigenvalue weighted by Gasteiger charge is 2.17. The van der Waals surface area contributed by atoms with E-state index >= 15 is 0 Å². The van der Waals surface area contributed by atoms with E-state index in [1.54, 1.807) is 0 Å². The highest BCUT2D eigenvalue weighted by atomic mass is 16.5. The Hall–Kier alpha value is -1.81. The van der Waals surface area contributed by atoms with Crippen molar-refractivity contribution in [2.24, 2.45) is 13.0 Å². The van der Waals surface area contributed by atoms with Crippen LogP contribution in [0, 0.1) is 12.8 Å². The van der Waals surface area contributed by atoms with Gasteiger partial charge < -0.3 is 14.6 Å². The van der Waals surface area contributed by atoms with E-state index in [1.807, 2.05) is 23.7 Å². The maximum absolute atomic E-state index is 12.4. The molecule has 1 aliphatic rings. The summed E-state index contributed by atoms with van der Waals surface area (Å²) >= 11 is 0. The van der Waals surface area contributed by atoms with Crippen LogP contribution in [0.1, 0.15) is 28.9 Å². The monoisotopic (exact) mass is 286 g/mol. The van der Waals surface area contributed by atoms with Crippen LogP contribution in [0.3, 0.4) is 0 Å². The summed E-state index contributed by atoms with van der Waals surface area (Å²) < 4.78 is 7.32. The standard InChI is InChI=1S/C17H22N2O2/c1-12-4-3-5-15-14(12)10-16(19(15)2)17(20)18-8-6-13-7-9-21-11-13/h3-5,10,13H,6-9,11H2,1-2H3,(H,18,20)/t13-/m0/s1. The molecule has 0 aliphatic carbocycles. The summed E-state index contributed by atoms with van der Waals surface area (Å²) in [5.74, 6) is 0.604. The fourth-order valence-corrected chi connectivity index (χ4v) is 3.02. The number of carbonyl (C=O) groups excluding carboxylic acids is 1. The van der Waals surface area contributed by atoms with Crippen molar-refractivity contribution in [2.75, 3.05) is 19.8 Å². The molecule has 2 heterocycles. The van der Waals surface area contributed by atoms with Crippen LogP contribution < -0.4 is 5.32 Å². The first kappa shape index (κ1) is 14.1. The van der Waals surface area contributed by atoms with Gasteiger partial charge in [-0.2, -0.15) is 0 Å². The molecule has 1 atom stereocenters. The molecule has 0 bridgehead atoms. The fourth-order valence-electron chi connectivity index (χ4n) is 3.02. The van der Waals surface area contributed by atoms with Gasteiger partial charge in [0.15, 0.2) is 0 Å². The third-order valence-electron chi connectivity index (χ3n) is 4.40. The molecule has 21 heavy (non-hydrogen) atoms. The Bertz CT molecular complexity index is 654. The second kappa shape index (κ2) is 5.90. The van der Waals surface area contributed by atoms with Crippen LogP contribution in [-0.2, 0) is 11.8 Å².